The van der Waals surface area contributed by atoms with Gasteiger partial charge < -0.3 is 24.8 Å². The van der Waals surface area contributed by atoms with E-state index in [0.29, 0.717) is 50.1 Å². The summed E-state index contributed by atoms with van der Waals surface area (Å²) in [7, 11) is 0. The topological polar surface area (TPSA) is 138 Å². The Kier molecular flexibility index (Phi) is 8.28. The van der Waals surface area contributed by atoms with Crippen molar-refractivity contribution in [3.8, 4) is 17.0 Å². The number of aromatic nitrogens is 2. The quantitative estimate of drug-likeness (QED) is 0.367. The predicted molar refractivity (Wildman–Crippen MR) is 144 cm³/mol. The van der Waals surface area contributed by atoms with Gasteiger partial charge in [-0.1, -0.05) is 6.92 Å². The van der Waals surface area contributed by atoms with Crippen molar-refractivity contribution in [2.75, 3.05) is 38.3 Å². The lowest BCUT2D eigenvalue weighted by molar-refractivity contribution is -0.384. The molecule has 0 spiro atoms. The number of anilines is 2. The van der Waals surface area contributed by atoms with E-state index in [1.165, 1.54) is 12.3 Å². The highest BCUT2D eigenvalue weighted by Gasteiger charge is 2.21. The number of nitrogens with one attached hydrogen (secondary N) is 2. The molecule has 3 aliphatic heterocycles. The summed E-state index contributed by atoms with van der Waals surface area (Å²) in [6.45, 7) is 5.32. The number of nitro groups is 1. The minimum Gasteiger partial charge on any atom is -0.493 e. The SMILES string of the molecule is CC1CCOCc2cc(ccc2OCC2CCOC2)Nc2nccc(n2)-c2ccc(cc2[N+](=O)[O-])C(=O)NC1. The molecule has 6 bridgehead atoms. The van der Waals surface area contributed by atoms with Crippen molar-refractivity contribution in [2.24, 2.45) is 11.8 Å². The van der Waals surface area contributed by atoms with Crippen LogP contribution in [-0.2, 0) is 16.1 Å². The minimum atomic E-state index is -0.507. The molecule has 11 heteroatoms. The van der Waals surface area contributed by atoms with Gasteiger partial charge in [0.1, 0.15) is 5.75 Å². The molecular formula is C28H31N5O6. The normalized spacial score (nSPS) is 19.8. The van der Waals surface area contributed by atoms with Gasteiger partial charge in [-0.2, -0.15) is 0 Å². The second-order valence-electron chi connectivity index (χ2n) is 9.90. The fourth-order valence-electron chi connectivity index (χ4n) is 4.51. The summed E-state index contributed by atoms with van der Waals surface area (Å²) in [4.78, 5) is 32.9. The number of amides is 1. The fourth-order valence-corrected chi connectivity index (χ4v) is 4.51. The molecule has 1 amide bonds. The van der Waals surface area contributed by atoms with Crippen molar-refractivity contribution in [3.63, 3.8) is 0 Å². The average molecular weight is 534 g/mol. The van der Waals surface area contributed by atoms with E-state index in [-0.39, 0.29) is 29.0 Å². The van der Waals surface area contributed by atoms with Gasteiger partial charge in [-0.25, -0.2) is 9.97 Å². The Morgan fingerprint density at radius 2 is 2.00 bits per heavy atom. The molecule has 2 atom stereocenters. The van der Waals surface area contributed by atoms with Crippen molar-refractivity contribution < 1.29 is 23.9 Å². The van der Waals surface area contributed by atoms with E-state index in [4.69, 9.17) is 14.2 Å². The third kappa shape index (κ3) is 6.68. The number of hydrogen-bond donors (Lipinski definition) is 2. The molecule has 0 radical (unpaired) electrons. The molecule has 6 rings (SSSR count). The number of ether oxygens (including phenoxy) is 3. The second-order valence-corrected chi connectivity index (χ2v) is 9.90. The van der Waals surface area contributed by atoms with Gasteiger partial charge in [-0.3, -0.25) is 14.9 Å². The summed E-state index contributed by atoms with van der Waals surface area (Å²) in [5, 5.41) is 18.0. The van der Waals surface area contributed by atoms with Crippen LogP contribution < -0.4 is 15.4 Å². The highest BCUT2D eigenvalue weighted by atomic mass is 16.6. The van der Waals surface area contributed by atoms with Crippen LogP contribution in [-0.4, -0.2) is 53.8 Å². The van der Waals surface area contributed by atoms with Crippen LogP contribution in [0.4, 0.5) is 17.3 Å². The van der Waals surface area contributed by atoms with E-state index >= 15 is 0 Å². The molecule has 0 saturated carbocycles. The third-order valence-electron chi connectivity index (χ3n) is 6.83. The number of nitro benzene ring substituents is 1. The molecule has 1 saturated heterocycles. The van der Waals surface area contributed by atoms with Crippen molar-refractivity contribution in [3.05, 3.63) is 69.9 Å². The number of benzene rings is 2. The third-order valence-corrected chi connectivity index (χ3v) is 6.83. The van der Waals surface area contributed by atoms with Crippen molar-refractivity contribution in [1.29, 1.82) is 0 Å². The summed E-state index contributed by atoms with van der Waals surface area (Å²) >= 11 is 0. The predicted octanol–water partition coefficient (Wildman–Crippen LogP) is 4.50. The molecule has 2 unspecified atom stereocenters. The molecule has 0 aliphatic carbocycles. The lowest BCUT2D eigenvalue weighted by Crippen LogP contribution is -2.28. The number of fused-ring (bicyclic) bond motifs is 9. The van der Waals surface area contributed by atoms with E-state index in [0.717, 1.165) is 36.4 Å². The number of hydrogen-bond acceptors (Lipinski definition) is 9. The summed E-state index contributed by atoms with van der Waals surface area (Å²) < 4.78 is 17.6. The number of carbonyl (C=O) groups excluding carboxylic acids is 1. The molecule has 1 fully saturated rings. The molecule has 3 aromatic rings. The molecule has 2 N–H and O–H groups in total. The Labute approximate surface area is 226 Å². The zero-order valence-electron chi connectivity index (χ0n) is 21.7. The summed E-state index contributed by atoms with van der Waals surface area (Å²) in [6.07, 6.45) is 3.24. The summed E-state index contributed by atoms with van der Waals surface area (Å²) in [6, 6.07) is 11.7. The summed E-state index contributed by atoms with van der Waals surface area (Å²) in [5.41, 5.74) is 2.27. The van der Waals surface area contributed by atoms with E-state index in [2.05, 4.69) is 20.6 Å². The van der Waals surface area contributed by atoms with Gasteiger partial charge in [0, 0.05) is 54.8 Å². The highest BCUT2D eigenvalue weighted by molar-refractivity contribution is 5.96. The number of rotatable bonds is 4. The number of nitrogens with zero attached hydrogens (tertiary/aromatic N) is 3. The van der Waals surface area contributed by atoms with Crippen LogP contribution in [0.25, 0.3) is 11.3 Å². The van der Waals surface area contributed by atoms with Crippen LogP contribution in [0, 0.1) is 22.0 Å². The first-order chi connectivity index (χ1) is 19.0. The van der Waals surface area contributed by atoms with Gasteiger partial charge in [0.2, 0.25) is 5.95 Å². The maximum atomic E-state index is 12.7. The smallest absolute Gasteiger partial charge is 0.279 e. The van der Waals surface area contributed by atoms with Gasteiger partial charge in [0.15, 0.2) is 0 Å². The summed E-state index contributed by atoms with van der Waals surface area (Å²) in [5.74, 6) is 1.16. The molecule has 3 aliphatic rings. The fraction of sp³-hybridized carbons (Fsp3) is 0.393. The van der Waals surface area contributed by atoms with Gasteiger partial charge >= 0.3 is 0 Å². The van der Waals surface area contributed by atoms with Crippen molar-refractivity contribution in [1.82, 2.24) is 15.3 Å². The van der Waals surface area contributed by atoms with Crippen LogP contribution >= 0.6 is 0 Å². The van der Waals surface area contributed by atoms with E-state index in [1.54, 1.807) is 18.2 Å². The van der Waals surface area contributed by atoms with Crippen LogP contribution in [0.5, 0.6) is 5.75 Å². The van der Waals surface area contributed by atoms with Crippen molar-refractivity contribution in [2.45, 2.75) is 26.4 Å². The van der Waals surface area contributed by atoms with Crippen molar-refractivity contribution >= 4 is 23.2 Å². The van der Waals surface area contributed by atoms with E-state index in [1.807, 2.05) is 25.1 Å². The molecule has 204 valence electrons. The first-order valence-electron chi connectivity index (χ1n) is 13.0. The zero-order chi connectivity index (χ0) is 27.2. The molecule has 4 heterocycles. The Hall–Kier alpha value is -4.09. The van der Waals surface area contributed by atoms with E-state index in [9.17, 15) is 14.9 Å². The molecule has 11 nitrogen and oxygen atoms in total. The maximum absolute atomic E-state index is 12.7. The van der Waals surface area contributed by atoms with Gasteiger partial charge in [0.05, 0.1) is 36.0 Å². The van der Waals surface area contributed by atoms with Gasteiger partial charge in [-0.15, -0.1) is 0 Å². The lowest BCUT2D eigenvalue weighted by atomic mass is 10.0. The standard InChI is InChI=1S/C28H31N5O6/c1-18-7-10-38-17-21-12-22(3-5-26(21)39-16-19-8-11-37-15-19)31-28-29-9-6-24(32-28)23-4-2-20(27(34)30-14-18)13-25(23)33(35)36/h2-6,9,12-13,18-19H,7-8,10-11,14-17H2,1H3,(H,30,34)(H,29,31,32). The molecular weight excluding hydrogens is 502 g/mol. The monoisotopic (exact) mass is 533 g/mol. The Morgan fingerprint density at radius 1 is 1.13 bits per heavy atom. The Balaban J connectivity index is 1.46. The zero-order valence-corrected chi connectivity index (χ0v) is 21.7. The van der Waals surface area contributed by atoms with Crippen LogP contribution in [0.15, 0.2) is 48.7 Å². The van der Waals surface area contributed by atoms with Crippen LogP contribution in [0.1, 0.15) is 35.7 Å². The highest BCUT2D eigenvalue weighted by Crippen LogP contribution is 2.31. The molecule has 1 aromatic heterocycles. The second kappa shape index (κ2) is 12.2. The first-order valence-corrected chi connectivity index (χ1v) is 13.0. The minimum absolute atomic E-state index is 0.146. The number of carbonyl (C=O) groups is 1. The largest absolute Gasteiger partial charge is 0.493 e. The Morgan fingerprint density at radius 3 is 2.82 bits per heavy atom. The molecule has 39 heavy (non-hydrogen) atoms. The van der Waals surface area contributed by atoms with Crippen LogP contribution in [0.2, 0.25) is 0 Å². The lowest BCUT2D eigenvalue weighted by Gasteiger charge is -2.17. The maximum Gasteiger partial charge on any atom is 0.279 e. The van der Waals surface area contributed by atoms with E-state index < -0.39 is 4.92 Å². The Bertz CT molecular complexity index is 1340. The average Bonchev–Trinajstić information content (AvgIpc) is 3.46. The van der Waals surface area contributed by atoms with Gasteiger partial charge in [0.25, 0.3) is 11.6 Å². The molecule has 2 aromatic carbocycles. The van der Waals surface area contributed by atoms with Crippen LogP contribution in [0.3, 0.4) is 0 Å². The van der Waals surface area contributed by atoms with Gasteiger partial charge in [-0.05, 0) is 55.2 Å². The first kappa shape index (κ1) is 26.5.